The number of fused-ring (bicyclic) bond motifs is 1. The number of hydrogen-bond acceptors (Lipinski definition) is 3. The molecule has 3 aromatic rings. The summed E-state index contributed by atoms with van der Waals surface area (Å²) in [6.07, 6.45) is 2.82. The van der Waals surface area contributed by atoms with Crippen LogP contribution in [0.25, 0.3) is 11.2 Å². The zero-order chi connectivity index (χ0) is 13.4. The maximum absolute atomic E-state index is 5.46. The standard InChI is InChI=1S/C14H15N3S2/c1-9-5-6-15-13-12(9)16-14(18)17(13)10(2)8-11-4-3-7-19-11/h3-7,10H,8H2,1-2H3,(H,16,18). The molecule has 1 unspecified atom stereocenters. The zero-order valence-electron chi connectivity index (χ0n) is 10.9. The third-order valence-electron chi connectivity index (χ3n) is 3.34. The first kappa shape index (κ1) is 12.6. The topological polar surface area (TPSA) is 33.6 Å². The lowest BCUT2D eigenvalue weighted by molar-refractivity contribution is 0.553. The summed E-state index contributed by atoms with van der Waals surface area (Å²) in [4.78, 5) is 9.13. The number of pyridine rings is 1. The molecule has 0 fully saturated rings. The van der Waals surface area contributed by atoms with Crippen LogP contribution in [0.4, 0.5) is 0 Å². The van der Waals surface area contributed by atoms with Crippen LogP contribution in [0.5, 0.6) is 0 Å². The molecule has 0 saturated heterocycles. The molecule has 0 spiro atoms. The van der Waals surface area contributed by atoms with Crippen LogP contribution in [0.3, 0.4) is 0 Å². The lowest BCUT2D eigenvalue weighted by Gasteiger charge is -2.13. The monoisotopic (exact) mass is 289 g/mol. The molecule has 0 radical (unpaired) electrons. The molecular formula is C14H15N3S2. The van der Waals surface area contributed by atoms with E-state index in [9.17, 15) is 0 Å². The van der Waals surface area contributed by atoms with E-state index in [4.69, 9.17) is 12.2 Å². The van der Waals surface area contributed by atoms with Crippen LogP contribution in [-0.2, 0) is 6.42 Å². The number of H-pyrrole nitrogens is 1. The van der Waals surface area contributed by atoms with Crippen LogP contribution in [0.1, 0.15) is 23.4 Å². The van der Waals surface area contributed by atoms with E-state index in [0.29, 0.717) is 6.04 Å². The highest BCUT2D eigenvalue weighted by atomic mass is 32.1. The number of hydrogen-bond donors (Lipinski definition) is 1. The summed E-state index contributed by atoms with van der Waals surface area (Å²) in [6.45, 7) is 4.26. The van der Waals surface area contributed by atoms with Crippen molar-refractivity contribution in [2.45, 2.75) is 26.3 Å². The number of aromatic nitrogens is 3. The third-order valence-corrected chi connectivity index (χ3v) is 4.53. The van der Waals surface area contributed by atoms with Crippen molar-refractivity contribution in [3.05, 3.63) is 45.0 Å². The van der Waals surface area contributed by atoms with Gasteiger partial charge in [-0.3, -0.25) is 4.57 Å². The maximum Gasteiger partial charge on any atom is 0.179 e. The number of aryl methyl sites for hydroxylation is 1. The lowest BCUT2D eigenvalue weighted by atomic mass is 10.2. The second-order valence-electron chi connectivity index (χ2n) is 4.76. The smallest absolute Gasteiger partial charge is 0.179 e. The summed E-state index contributed by atoms with van der Waals surface area (Å²) in [5, 5.41) is 2.11. The van der Waals surface area contributed by atoms with E-state index in [1.165, 1.54) is 10.4 Å². The lowest BCUT2D eigenvalue weighted by Crippen LogP contribution is -2.08. The molecule has 3 aromatic heterocycles. The first-order valence-corrected chi connectivity index (χ1v) is 7.54. The second-order valence-corrected chi connectivity index (χ2v) is 6.18. The number of aromatic amines is 1. The van der Waals surface area contributed by atoms with E-state index in [0.717, 1.165) is 22.4 Å². The van der Waals surface area contributed by atoms with E-state index in [2.05, 4.69) is 45.9 Å². The molecule has 5 heteroatoms. The number of nitrogens with one attached hydrogen (secondary N) is 1. The Kier molecular flexibility index (Phi) is 3.24. The molecule has 0 aromatic carbocycles. The van der Waals surface area contributed by atoms with Gasteiger partial charge in [-0.2, -0.15) is 0 Å². The van der Waals surface area contributed by atoms with Crippen molar-refractivity contribution in [3.63, 3.8) is 0 Å². The summed E-state index contributed by atoms with van der Waals surface area (Å²) in [5.74, 6) is 0. The predicted molar refractivity (Wildman–Crippen MR) is 82.4 cm³/mol. The van der Waals surface area contributed by atoms with Crippen LogP contribution in [0.2, 0.25) is 0 Å². The van der Waals surface area contributed by atoms with Crippen molar-refractivity contribution in [1.82, 2.24) is 14.5 Å². The number of imidazole rings is 1. The van der Waals surface area contributed by atoms with E-state index in [1.807, 2.05) is 12.3 Å². The largest absolute Gasteiger partial charge is 0.329 e. The Morgan fingerprint density at radius 2 is 2.32 bits per heavy atom. The highest BCUT2D eigenvalue weighted by Gasteiger charge is 2.14. The van der Waals surface area contributed by atoms with Crippen LogP contribution in [0, 0.1) is 11.7 Å². The average molecular weight is 289 g/mol. The summed E-state index contributed by atoms with van der Waals surface area (Å²) < 4.78 is 2.87. The van der Waals surface area contributed by atoms with Gasteiger partial charge >= 0.3 is 0 Å². The molecule has 0 saturated carbocycles. The highest BCUT2D eigenvalue weighted by Crippen LogP contribution is 2.23. The molecule has 98 valence electrons. The Morgan fingerprint density at radius 3 is 3.05 bits per heavy atom. The fourth-order valence-corrected chi connectivity index (χ4v) is 3.56. The van der Waals surface area contributed by atoms with Crippen LogP contribution in [-0.4, -0.2) is 14.5 Å². The SMILES string of the molecule is Cc1ccnc2c1[nH]c(=S)n2C(C)Cc1cccs1. The molecule has 0 amide bonds. The van der Waals surface area contributed by atoms with E-state index in [-0.39, 0.29) is 0 Å². The summed E-state index contributed by atoms with van der Waals surface area (Å²) in [6, 6.07) is 6.55. The summed E-state index contributed by atoms with van der Waals surface area (Å²) >= 11 is 7.24. The average Bonchev–Trinajstić information content (AvgIpc) is 2.96. The fourth-order valence-electron chi connectivity index (χ4n) is 2.36. The molecule has 1 atom stereocenters. The molecule has 0 bridgehead atoms. The van der Waals surface area contributed by atoms with Crippen LogP contribution in [0.15, 0.2) is 29.8 Å². The van der Waals surface area contributed by atoms with Gasteiger partial charge in [0, 0.05) is 23.5 Å². The minimum atomic E-state index is 0.300. The Hall–Kier alpha value is -1.46. The van der Waals surface area contributed by atoms with Crippen LogP contribution < -0.4 is 0 Å². The molecule has 3 heterocycles. The van der Waals surface area contributed by atoms with E-state index in [1.54, 1.807) is 11.3 Å². The van der Waals surface area contributed by atoms with Crippen molar-refractivity contribution in [2.75, 3.05) is 0 Å². The molecule has 0 aliphatic rings. The van der Waals surface area contributed by atoms with Gasteiger partial charge in [-0.15, -0.1) is 11.3 Å². The summed E-state index contributed by atoms with van der Waals surface area (Å²) in [5.41, 5.74) is 3.18. The molecule has 0 aliphatic heterocycles. The van der Waals surface area contributed by atoms with Crippen molar-refractivity contribution in [2.24, 2.45) is 0 Å². The third kappa shape index (κ3) is 2.24. The van der Waals surface area contributed by atoms with Crippen molar-refractivity contribution in [1.29, 1.82) is 0 Å². The summed E-state index contributed by atoms with van der Waals surface area (Å²) in [7, 11) is 0. The van der Waals surface area contributed by atoms with Gasteiger partial charge in [-0.25, -0.2) is 4.98 Å². The van der Waals surface area contributed by atoms with E-state index >= 15 is 0 Å². The molecular weight excluding hydrogens is 274 g/mol. The van der Waals surface area contributed by atoms with Gasteiger partial charge in [0.25, 0.3) is 0 Å². The normalized spacial score (nSPS) is 12.9. The molecule has 0 aliphatic carbocycles. The molecule has 1 N–H and O–H groups in total. The molecule has 19 heavy (non-hydrogen) atoms. The number of thiophene rings is 1. The van der Waals surface area contributed by atoms with Gasteiger partial charge in [-0.1, -0.05) is 6.07 Å². The predicted octanol–water partition coefficient (Wildman–Crippen LogP) is 4.27. The van der Waals surface area contributed by atoms with Crippen molar-refractivity contribution >= 4 is 34.7 Å². The maximum atomic E-state index is 5.46. The van der Waals surface area contributed by atoms with E-state index < -0.39 is 0 Å². The van der Waals surface area contributed by atoms with Gasteiger partial charge in [0.1, 0.15) is 0 Å². The van der Waals surface area contributed by atoms with Gasteiger partial charge in [0.05, 0.1) is 5.52 Å². The van der Waals surface area contributed by atoms with Crippen molar-refractivity contribution < 1.29 is 0 Å². The quantitative estimate of drug-likeness (QED) is 0.731. The van der Waals surface area contributed by atoms with Gasteiger partial charge in [0.15, 0.2) is 10.4 Å². The van der Waals surface area contributed by atoms with Gasteiger partial charge in [0.2, 0.25) is 0 Å². The molecule has 3 rings (SSSR count). The minimum Gasteiger partial charge on any atom is -0.329 e. The Balaban J connectivity index is 2.07. The fraction of sp³-hybridized carbons (Fsp3) is 0.286. The Morgan fingerprint density at radius 1 is 1.47 bits per heavy atom. The zero-order valence-corrected chi connectivity index (χ0v) is 12.5. The molecule has 3 nitrogen and oxygen atoms in total. The second kappa shape index (κ2) is 4.90. The number of rotatable bonds is 3. The van der Waals surface area contributed by atoms with Gasteiger partial charge in [-0.05, 0) is 49.1 Å². The van der Waals surface area contributed by atoms with Crippen molar-refractivity contribution in [3.8, 4) is 0 Å². The number of nitrogens with zero attached hydrogens (tertiary/aromatic N) is 2. The highest BCUT2D eigenvalue weighted by molar-refractivity contribution is 7.71. The minimum absolute atomic E-state index is 0.300. The van der Waals surface area contributed by atoms with Crippen LogP contribution >= 0.6 is 23.6 Å². The first-order chi connectivity index (χ1) is 9.16. The first-order valence-electron chi connectivity index (χ1n) is 6.25. The Labute approximate surface area is 120 Å². The Bertz CT molecular complexity index is 753. The van der Waals surface area contributed by atoms with Gasteiger partial charge < -0.3 is 4.98 Å².